The molecular weight excluding hydrogens is 264 g/mol. The summed E-state index contributed by atoms with van der Waals surface area (Å²) >= 11 is 0. The van der Waals surface area contributed by atoms with Gasteiger partial charge in [0.15, 0.2) is 0 Å². The third-order valence-electron chi connectivity index (χ3n) is 3.72. The summed E-state index contributed by atoms with van der Waals surface area (Å²) in [4.78, 5) is 10.2. The number of rotatable bonds is 15. The number of allylic oxidation sites excluding steroid dienone is 1. The number of unbranched alkanes of at least 4 members (excludes halogenated alkanes) is 8. The van der Waals surface area contributed by atoms with Gasteiger partial charge in [0.05, 0.1) is 6.10 Å². The second-order valence-electron chi connectivity index (χ2n) is 5.89. The van der Waals surface area contributed by atoms with E-state index in [9.17, 15) is 15.0 Å². The van der Waals surface area contributed by atoms with E-state index in [2.05, 4.69) is 19.1 Å². The topological polar surface area (TPSA) is 60.4 Å². The minimum atomic E-state index is -0.939. The van der Waals surface area contributed by atoms with Crippen LogP contribution in [0.25, 0.3) is 0 Å². The number of carbonyl (C=O) groups excluding carboxylic acids is 1. The molecule has 0 saturated heterocycles. The van der Waals surface area contributed by atoms with Crippen molar-refractivity contribution in [2.45, 2.75) is 96.5 Å². The summed E-state index contributed by atoms with van der Waals surface area (Å²) < 4.78 is 0. The molecule has 3 heteroatoms. The van der Waals surface area contributed by atoms with E-state index in [1.165, 1.54) is 19.3 Å². The van der Waals surface area contributed by atoms with Gasteiger partial charge in [-0.15, -0.1) is 0 Å². The fourth-order valence-electron chi connectivity index (χ4n) is 2.36. The molecule has 0 aliphatic heterocycles. The molecule has 21 heavy (non-hydrogen) atoms. The molecule has 0 amide bonds. The van der Waals surface area contributed by atoms with E-state index in [-0.39, 0.29) is 12.5 Å². The summed E-state index contributed by atoms with van der Waals surface area (Å²) in [6.07, 6.45) is 17.0. The SMILES string of the molecule is CCCCCCC(O)C/C=C\CCCCCCCC(=O)[O-]. The highest BCUT2D eigenvalue weighted by Gasteiger charge is 2.00. The van der Waals surface area contributed by atoms with E-state index in [4.69, 9.17) is 0 Å². The molecule has 124 valence electrons. The molecule has 0 saturated carbocycles. The molecule has 0 fully saturated rings. The number of carboxylic acid groups (broad SMARTS) is 1. The average molecular weight is 297 g/mol. The number of carboxylic acids is 1. The molecule has 3 nitrogen and oxygen atoms in total. The Balaban J connectivity index is 3.26. The van der Waals surface area contributed by atoms with Gasteiger partial charge in [0, 0.05) is 5.97 Å². The Kier molecular flexibility index (Phi) is 14.9. The van der Waals surface area contributed by atoms with E-state index in [1.54, 1.807) is 0 Å². The Morgan fingerprint density at radius 2 is 1.67 bits per heavy atom. The fourth-order valence-corrected chi connectivity index (χ4v) is 2.36. The van der Waals surface area contributed by atoms with Crippen LogP contribution >= 0.6 is 0 Å². The molecule has 0 rings (SSSR count). The molecular formula is C18H33O3-. The predicted molar refractivity (Wildman–Crippen MR) is 85.8 cm³/mol. The van der Waals surface area contributed by atoms with Crippen molar-refractivity contribution in [3.63, 3.8) is 0 Å². The van der Waals surface area contributed by atoms with Crippen molar-refractivity contribution in [3.05, 3.63) is 12.2 Å². The van der Waals surface area contributed by atoms with Crippen molar-refractivity contribution in [3.8, 4) is 0 Å². The summed E-state index contributed by atoms with van der Waals surface area (Å²) in [5.74, 6) is -0.939. The van der Waals surface area contributed by atoms with Crippen molar-refractivity contribution in [2.75, 3.05) is 0 Å². The van der Waals surface area contributed by atoms with Crippen LogP contribution in [0.4, 0.5) is 0 Å². The number of carbonyl (C=O) groups is 1. The lowest BCUT2D eigenvalue weighted by atomic mass is 10.1. The van der Waals surface area contributed by atoms with Crippen LogP contribution in [0.1, 0.15) is 90.4 Å². The summed E-state index contributed by atoms with van der Waals surface area (Å²) in [6, 6.07) is 0. The lowest BCUT2D eigenvalue weighted by Gasteiger charge is -2.07. The largest absolute Gasteiger partial charge is 0.550 e. The van der Waals surface area contributed by atoms with Gasteiger partial charge in [-0.05, 0) is 38.5 Å². The molecule has 0 spiro atoms. The average Bonchev–Trinajstić information content (AvgIpc) is 2.45. The Labute approximate surface area is 130 Å². The lowest BCUT2D eigenvalue weighted by Crippen LogP contribution is -2.21. The van der Waals surface area contributed by atoms with E-state index in [0.717, 1.165) is 57.8 Å². The monoisotopic (exact) mass is 297 g/mol. The summed E-state index contributed by atoms with van der Waals surface area (Å²) in [5.41, 5.74) is 0. The smallest absolute Gasteiger partial charge is 0.0574 e. The van der Waals surface area contributed by atoms with Gasteiger partial charge >= 0.3 is 0 Å². The standard InChI is InChI=1S/C18H34O3/c1-2-3-4-11-14-17(19)15-12-9-7-5-6-8-10-13-16-18(20)21/h9,12,17,19H,2-8,10-11,13-16H2,1H3,(H,20,21)/p-1/b12-9-. The van der Waals surface area contributed by atoms with Crippen molar-refractivity contribution >= 4 is 5.97 Å². The van der Waals surface area contributed by atoms with Crippen molar-refractivity contribution < 1.29 is 15.0 Å². The predicted octanol–water partition coefficient (Wildman–Crippen LogP) is 3.74. The summed E-state index contributed by atoms with van der Waals surface area (Å²) in [6.45, 7) is 2.20. The Bertz CT molecular complexity index is 261. The molecule has 0 radical (unpaired) electrons. The van der Waals surface area contributed by atoms with Crippen LogP contribution in [0, 0.1) is 0 Å². The van der Waals surface area contributed by atoms with Crippen LogP contribution in [0.3, 0.4) is 0 Å². The maximum Gasteiger partial charge on any atom is 0.0574 e. The van der Waals surface area contributed by atoms with Crippen molar-refractivity contribution in [1.82, 2.24) is 0 Å². The Hall–Kier alpha value is -0.830. The first-order chi connectivity index (χ1) is 10.2. The zero-order chi connectivity index (χ0) is 15.8. The molecule has 0 bridgehead atoms. The minimum Gasteiger partial charge on any atom is -0.550 e. The van der Waals surface area contributed by atoms with Gasteiger partial charge in [0.25, 0.3) is 0 Å². The summed E-state index contributed by atoms with van der Waals surface area (Å²) in [7, 11) is 0. The van der Waals surface area contributed by atoms with Crippen LogP contribution in [0.2, 0.25) is 0 Å². The number of hydrogen-bond donors (Lipinski definition) is 1. The quantitative estimate of drug-likeness (QED) is 0.370. The van der Waals surface area contributed by atoms with Gasteiger partial charge in [-0.1, -0.05) is 64.0 Å². The number of hydrogen-bond acceptors (Lipinski definition) is 3. The molecule has 1 atom stereocenters. The van der Waals surface area contributed by atoms with Crippen LogP contribution in [0.5, 0.6) is 0 Å². The first-order valence-corrected chi connectivity index (χ1v) is 8.69. The van der Waals surface area contributed by atoms with Crippen LogP contribution in [-0.2, 0) is 4.79 Å². The summed E-state index contributed by atoms with van der Waals surface area (Å²) in [5, 5.41) is 20.0. The van der Waals surface area contributed by atoms with Crippen LogP contribution in [0.15, 0.2) is 12.2 Å². The fraction of sp³-hybridized carbons (Fsp3) is 0.833. The van der Waals surface area contributed by atoms with Gasteiger partial charge in [-0.25, -0.2) is 0 Å². The zero-order valence-corrected chi connectivity index (χ0v) is 13.7. The molecule has 1 unspecified atom stereocenters. The van der Waals surface area contributed by atoms with Crippen molar-refractivity contribution in [2.24, 2.45) is 0 Å². The number of aliphatic hydroxyl groups excluding tert-OH is 1. The molecule has 1 N–H and O–H groups in total. The highest BCUT2D eigenvalue weighted by atomic mass is 16.4. The lowest BCUT2D eigenvalue weighted by molar-refractivity contribution is -0.305. The van der Waals surface area contributed by atoms with E-state index in [1.807, 2.05) is 0 Å². The molecule has 0 heterocycles. The van der Waals surface area contributed by atoms with Crippen molar-refractivity contribution in [1.29, 1.82) is 0 Å². The van der Waals surface area contributed by atoms with E-state index >= 15 is 0 Å². The Morgan fingerprint density at radius 1 is 1.00 bits per heavy atom. The second-order valence-corrected chi connectivity index (χ2v) is 5.89. The minimum absolute atomic E-state index is 0.178. The van der Waals surface area contributed by atoms with Crippen LogP contribution in [-0.4, -0.2) is 17.2 Å². The Morgan fingerprint density at radius 3 is 2.38 bits per heavy atom. The van der Waals surface area contributed by atoms with E-state index in [0.29, 0.717) is 0 Å². The second kappa shape index (κ2) is 15.6. The molecule has 0 aliphatic rings. The first kappa shape index (κ1) is 20.2. The maximum atomic E-state index is 10.2. The highest BCUT2D eigenvalue weighted by Crippen LogP contribution is 2.10. The van der Waals surface area contributed by atoms with E-state index < -0.39 is 5.97 Å². The molecule has 0 aromatic rings. The molecule has 0 aliphatic carbocycles. The maximum absolute atomic E-state index is 10.2. The number of aliphatic carboxylic acids is 1. The highest BCUT2D eigenvalue weighted by molar-refractivity contribution is 5.63. The zero-order valence-electron chi connectivity index (χ0n) is 13.7. The van der Waals surface area contributed by atoms with Gasteiger partial charge in [-0.3, -0.25) is 0 Å². The molecule has 0 aromatic carbocycles. The number of aliphatic hydroxyl groups is 1. The van der Waals surface area contributed by atoms with Gasteiger partial charge < -0.3 is 15.0 Å². The van der Waals surface area contributed by atoms with Gasteiger partial charge in [0.2, 0.25) is 0 Å². The molecule has 0 aromatic heterocycles. The third kappa shape index (κ3) is 17.1. The first-order valence-electron chi connectivity index (χ1n) is 8.69. The van der Waals surface area contributed by atoms with Crippen LogP contribution < -0.4 is 5.11 Å². The normalized spacial score (nSPS) is 12.9. The van der Waals surface area contributed by atoms with Gasteiger partial charge in [0.1, 0.15) is 0 Å². The third-order valence-corrected chi connectivity index (χ3v) is 3.72. The van der Waals surface area contributed by atoms with Gasteiger partial charge in [-0.2, -0.15) is 0 Å².